The van der Waals surface area contributed by atoms with E-state index in [9.17, 15) is 9.90 Å². The van der Waals surface area contributed by atoms with E-state index < -0.39 is 5.97 Å². The summed E-state index contributed by atoms with van der Waals surface area (Å²) < 4.78 is 4.98. The minimum absolute atomic E-state index is 0.135. The molecule has 2 rings (SSSR count). The standard InChI is InChI=1S/C14H17N5O3/c1-4-22-14(21)11-13(17-18-19(2)3)16-12(15-11)9-5-7-10(20)8-6-9/h5-8,20H,4H2,1-3H3,(H,15,16). The third-order valence-corrected chi connectivity index (χ3v) is 2.62. The molecule has 0 fully saturated rings. The third-order valence-electron chi connectivity index (χ3n) is 2.62. The Hall–Kier alpha value is -2.90. The number of aromatic nitrogens is 2. The van der Waals surface area contributed by atoms with Crippen LogP contribution in [-0.4, -0.2) is 46.8 Å². The topological polar surface area (TPSA) is 103 Å². The van der Waals surface area contributed by atoms with Crippen molar-refractivity contribution in [3.05, 3.63) is 30.0 Å². The maximum atomic E-state index is 12.0. The fraction of sp³-hybridized carbons (Fsp3) is 0.286. The molecule has 116 valence electrons. The van der Waals surface area contributed by atoms with Gasteiger partial charge in [-0.15, -0.1) is 5.11 Å². The first kappa shape index (κ1) is 15.5. The molecule has 0 atom stereocenters. The molecule has 2 N–H and O–H groups in total. The van der Waals surface area contributed by atoms with Gasteiger partial charge < -0.3 is 14.8 Å². The van der Waals surface area contributed by atoms with Crippen LogP contribution >= 0.6 is 0 Å². The second-order valence-corrected chi connectivity index (χ2v) is 4.59. The van der Waals surface area contributed by atoms with Gasteiger partial charge in [0, 0.05) is 19.7 Å². The van der Waals surface area contributed by atoms with Gasteiger partial charge in [-0.05, 0) is 31.2 Å². The molecule has 0 aliphatic heterocycles. The van der Waals surface area contributed by atoms with Crippen molar-refractivity contribution in [2.24, 2.45) is 10.3 Å². The minimum Gasteiger partial charge on any atom is -0.508 e. The lowest BCUT2D eigenvalue weighted by Crippen LogP contribution is -2.05. The second kappa shape index (κ2) is 6.70. The van der Waals surface area contributed by atoms with E-state index in [1.165, 1.54) is 17.1 Å². The summed E-state index contributed by atoms with van der Waals surface area (Å²) in [6, 6.07) is 6.41. The zero-order chi connectivity index (χ0) is 16.1. The first-order chi connectivity index (χ1) is 10.5. The molecular weight excluding hydrogens is 286 g/mol. The third kappa shape index (κ3) is 3.60. The minimum atomic E-state index is -0.548. The van der Waals surface area contributed by atoms with Gasteiger partial charge in [-0.2, -0.15) is 0 Å². The van der Waals surface area contributed by atoms with Crippen molar-refractivity contribution >= 4 is 11.8 Å². The summed E-state index contributed by atoms with van der Waals surface area (Å²) in [7, 11) is 3.42. The van der Waals surface area contributed by atoms with Crippen LogP contribution in [0.5, 0.6) is 5.75 Å². The Labute approximate surface area is 127 Å². The lowest BCUT2D eigenvalue weighted by atomic mass is 10.2. The van der Waals surface area contributed by atoms with Gasteiger partial charge >= 0.3 is 5.97 Å². The molecule has 1 aromatic heterocycles. The van der Waals surface area contributed by atoms with Crippen LogP contribution in [0, 0.1) is 0 Å². The number of H-pyrrole nitrogens is 1. The molecule has 2 aromatic rings. The number of carbonyl (C=O) groups excluding carboxylic acids is 1. The second-order valence-electron chi connectivity index (χ2n) is 4.59. The van der Waals surface area contributed by atoms with Crippen LogP contribution in [0.1, 0.15) is 17.4 Å². The summed E-state index contributed by atoms with van der Waals surface area (Å²) >= 11 is 0. The van der Waals surface area contributed by atoms with Crippen molar-refractivity contribution in [3.8, 4) is 17.1 Å². The number of imidazole rings is 1. The number of hydrogen-bond donors (Lipinski definition) is 2. The van der Waals surface area contributed by atoms with Gasteiger partial charge in [0.25, 0.3) is 0 Å². The first-order valence-electron chi connectivity index (χ1n) is 6.66. The van der Waals surface area contributed by atoms with E-state index in [0.717, 1.165) is 0 Å². The van der Waals surface area contributed by atoms with Crippen LogP contribution in [0.4, 0.5) is 5.82 Å². The average molecular weight is 303 g/mol. The molecule has 8 heteroatoms. The fourth-order valence-electron chi connectivity index (χ4n) is 1.67. The van der Waals surface area contributed by atoms with E-state index in [4.69, 9.17) is 4.74 Å². The number of phenolic OH excluding ortho intramolecular Hbond substituents is 1. The van der Waals surface area contributed by atoms with Gasteiger partial charge in [-0.3, -0.25) is 5.01 Å². The number of esters is 1. The van der Waals surface area contributed by atoms with Gasteiger partial charge in [0.2, 0.25) is 5.82 Å². The van der Waals surface area contributed by atoms with E-state index in [0.29, 0.717) is 11.4 Å². The van der Waals surface area contributed by atoms with Crippen LogP contribution in [0.3, 0.4) is 0 Å². The molecule has 1 heterocycles. The van der Waals surface area contributed by atoms with Crippen LogP contribution in [-0.2, 0) is 4.74 Å². The van der Waals surface area contributed by atoms with Gasteiger partial charge in [-0.25, -0.2) is 9.78 Å². The van der Waals surface area contributed by atoms with E-state index in [1.54, 1.807) is 33.2 Å². The van der Waals surface area contributed by atoms with Crippen molar-refractivity contribution in [1.29, 1.82) is 0 Å². The van der Waals surface area contributed by atoms with Crippen LogP contribution < -0.4 is 0 Å². The molecule has 1 aromatic carbocycles. The van der Waals surface area contributed by atoms with Crippen LogP contribution in [0.2, 0.25) is 0 Å². The summed E-state index contributed by atoms with van der Waals surface area (Å²) in [5.74, 6) is 0.187. The highest BCUT2D eigenvalue weighted by atomic mass is 16.5. The number of nitrogens with zero attached hydrogens (tertiary/aromatic N) is 4. The van der Waals surface area contributed by atoms with Gasteiger partial charge in [0.15, 0.2) is 5.69 Å². The number of carbonyl (C=O) groups is 1. The number of aromatic amines is 1. The lowest BCUT2D eigenvalue weighted by molar-refractivity contribution is 0.0521. The van der Waals surface area contributed by atoms with Crippen molar-refractivity contribution in [2.75, 3.05) is 20.7 Å². The molecule has 0 amide bonds. The van der Waals surface area contributed by atoms with Crippen molar-refractivity contribution in [3.63, 3.8) is 0 Å². The molecule has 8 nitrogen and oxygen atoms in total. The SMILES string of the molecule is CCOC(=O)c1[nH]c(-c2ccc(O)cc2)nc1N=NN(C)C. The molecule has 0 aliphatic rings. The molecule has 0 spiro atoms. The van der Waals surface area contributed by atoms with Crippen LogP contribution in [0.25, 0.3) is 11.4 Å². The quantitative estimate of drug-likeness (QED) is 0.502. The van der Waals surface area contributed by atoms with E-state index in [-0.39, 0.29) is 23.9 Å². The van der Waals surface area contributed by atoms with Gasteiger partial charge in [0.1, 0.15) is 11.6 Å². The normalized spacial score (nSPS) is 10.9. The monoisotopic (exact) mass is 303 g/mol. The molecule has 0 unspecified atom stereocenters. The number of ether oxygens (including phenoxy) is 1. The summed E-state index contributed by atoms with van der Waals surface area (Å²) in [6.07, 6.45) is 0. The van der Waals surface area contributed by atoms with Gasteiger partial charge in [-0.1, -0.05) is 5.22 Å². The summed E-state index contributed by atoms with van der Waals surface area (Å²) in [5.41, 5.74) is 0.838. The zero-order valence-electron chi connectivity index (χ0n) is 12.6. The molecule has 0 saturated carbocycles. The molecule has 0 bridgehead atoms. The fourth-order valence-corrected chi connectivity index (χ4v) is 1.67. The van der Waals surface area contributed by atoms with Crippen molar-refractivity contribution < 1.29 is 14.6 Å². The Morgan fingerprint density at radius 2 is 2.05 bits per heavy atom. The highest BCUT2D eigenvalue weighted by molar-refractivity contribution is 5.92. The van der Waals surface area contributed by atoms with Crippen molar-refractivity contribution in [2.45, 2.75) is 6.92 Å². The zero-order valence-corrected chi connectivity index (χ0v) is 12.6. The maximum Gasteiger partial charge on any atom is 0.358 e. The molecule has 22 heavy (non-hydrogen) atoms. The Bertz CT molecular complexity index is 676. The first-order valence-corrected chi connectivity index (χ1v) is 6.66. The lowest BCUT2D eigenvalue weighted by Gasteiger charge is -2.01. The largest absolute Gasteiger partial charge is 0.508 e. The Morgan fingerprint density at radius 3 is 2.64 bits per heavy atom. The van der Waals surface area contributed by atoms with E-state index >= 15 is 0 Å². The molecule has 0 radical (unpaired) electrons. The summed E-state index contributed by atoms with van der Waals surface area (Å²) in [4.78, 5) is 19.1. The van der Waals surface area contributed by atoms with Crippen molar-refractivity contribution in [1.82, 2.24) is 15.0 Å². The van der Waals surface area contributed by atoms with E-state index in [2.05, 4.69) is 20.3 Å². The highest BCUT2D eigenvalue weighted by Crippen LogP contribution is 2.25. The number of benzene rings is 1. The molecule has 0 aliphatic carbocycles. The highest BCUT2D eigenvalue weighted by Gasteiger charge is 2.19. The number of hydrogen-bond acceptors (Lipinski definition) is 6. The smallest absolute Gasteiger partial charge is 0.358 e. The van der Waals surface area contributed by atoms with Crippen LogP contribution in [0.15, 0.2) is 34.6 Å². The van der Waals surface area contributed by atoms with Gasteiger partial charge in [0.05, 0.1) is 6.61 Å². The number of nitrogens with one attached hydrogen (secondary N) is 1. The predicted octanol–water partition coefficient (Wildman–Crippen LogP) is 2.52. The Kier molecular flexibility index (Phi) is 4.72. The summed E-state index contributed by atoms with van der Waals surface area (Å²) in [6.45, 7) is 1.97. The summed E-state index contributed by atoms with van der Waals surface area (Å²) in [5, 5.41) is 18.6. The Balaban J connectivity index is 2.42. The molecule has 0 saturated heterocycles. The maximum absolute atomic E-state index is 12.0. The Morgan fingerprint density at radius 1 is 1.36 bits per heavy atom. The number of phenols is 1. The average Bonchev–Trinajstić information content (AvgIpc) is 2.90. The molecular formula is C14H17N5O3. The van der Waals surface area contributed by atoms with E-state index in [1.807, 2.05) is 0 Å². The number of rotatable bonds is 5. The predicted molar refractivity (Wildman–Crippen MR) is 79.8 cm³/mol. The number of aromatic hydroxyl groups is 1.